The van der Waals surface area contributed by atoms with Gasteiger partial charge in [0.25, 0.3) is 0 Å². The number of amides is 1. The van der Waals surface area contributed by atoms with E-state index in [9.17, 15) is 18.0 Å². The largest absolute Gasteiger partial charge is 0.495 e. The lowest BCUT2D eigenvalue weighted by molar-refractivity contribution is -0.215. The SMILES string of the molecule is COc1ccc(C)cc1NC(=O)C1(C(F)(F)F)CCN(Cc2ccccc2)C1. The lowest BCUT2D eigenvalue weighted by Gasteiger charge is -2.31. The number of hydrogen-bond donors (Lipinski definition) is 1. The Labute approximate surface area is 162 Å². The predicted molar refractivity (Wildman–Crippen MR) is 101 cm³/mol. The molecule has 4 nitrogen and oxygen atoms in total. The molecule has 7 heteroatoms. The van der Waals surface area contributed by atoms with Gasteiger partial charge >= 0.3 is 6.18 Å². The molecule has 1 saturated heterocycles. The summed E-state index contributed by atoms with van der Waals surface area (Å²) in [5.74, 6) is -0.713. The summed E-state index contributed by atoms with van der Waals surface area (Å²) in [6.45, 7) is 2.00. The number of aryl methyl sites for hydroxylation is 1. The van der Waals surface area contributed by atoms with Crippen LogP contribution in [0.2, 0.25) is 0 Å². The number of methoxy groups -OCH3 is 1. The van der Waals surface area contributed by atoms with Crippen LogP contribution in [0.3, 0.4) is 0 Å². The molecule has 0 saturated carbocycles. The molecular weight excluding hydrogens is 369 g/mol. The van der Waals surface area contributed by atoms with Crippen molar-refractivity contribution >= 4 is 11.6 Å². The average molecular weight is 392 g/mol. The lowest BCUT2D eigenvalue weighted by atomic mass is 9.85. The zero-order chi connectivity index (χ0) is 20.4. The molecule has 1 unspecified atom stereocenters. The second-order valence-electron chi connectivity index (χ2n) is 7.18. The summed E-state index contributed by atoms with van der Waals surface area (Å²) < 4.78 is 47.2. The molecule has 0 bridgehead atoms. The maximum atomic E-state index is 14.0. The van der Waals surface area contributed by atoms with E-state index in [1.54, 1.807) is 30.0 Å². The number of nitrogens with zero attached hydrogens (tertiary/aromatic N) is 1. The van der Waals surface area contributed by atoms with E-state index >= 15 is 0 Å². The van der Waals surface area contributed by atoms with Gasteiger partial charge in [0.15, 0.2) is 5.41 Å². The van der Waals surface area contributed by atoms with E-state index in [0.29, 0.717) is 12.3 Å². The van der Waals surface area contributed by atoms with Gasteiger partial charge in [0.2, 0.25) is 5.91 Å². The van der Waals surface area contributed by atoms with Gasteiger partial charge in [-0.25, -0.2) is 0 Å². The Hall–Kier alpha value is -2.54. The van der Waals surface area contributed by atoms with Gasteiger partial charge in [-0.1, -0.05) is 36.4 Å². The monoisotopic (exact) mass is 392 g/mol. The van der Waals surface area contributed by atoms with Crippen LogP contribution in [0.1, 0.15) is 17.5 Å². The second kappa shape index (κ2) is 7.83. The number of rotatable bonds is 5. The minimum atomic E-state index is -4.65. The summed E-state index contributed by atoms with van der Waals surface area (Å²) in [5, 5.41) is 2.47. The lowest BCUT2D eigenvalue weighted by Crippen LogP contribution is -2.50. The molecule has 0 radical (unpaired) electrons. The molecule has 1 N–H and O–H groups in total. The molecule has 2 aromatic carbocycles. The fraction of sp³-hybridized carbons (Fsp3) is 0.381. The van der Waals surface area contributed by atoms with Gasteiger partial charge in [0, 0.05) is 13.1 Å². The van der Waals surface area contributed by atoms with E-state index in [0.717, 1.165) is 11.1 Å². The van der Waals surface area contributed by atoms with Crippen LogP contribution in [-0.2, 0) is 11.3 Å². The van der Waals surface area contributed by atoms with Gasteiger partial charge in [-0.15, -0.1) is 0 Å². The zero-order valence-electron chi connectivity index (χ0n) is 15.8. The molecule has 1 fully saturated rings. The summed E-state index contributed by atoms with van der Waals surface area (Å²) in [5.41, 5.74) is -0.468. The topological polar surface area (TPSA) is 41.6 Å². The molecule has 1 atom stereocenters. The van der Waals surface area contributed by atoms with Crippen LogP contribution in [0, 0.1) is 12.3 Å². The molecule has 2 aromatic rings. The molecule has 0 aromatic heterocycles. The molecular formula is C21H23F3N2O2. The number of hydrogen-bond acceptors (Lipinski definition) is 3. The molecule has 3 rings (SSSR count). The van der Waals surface area contributed by atoms with E-state index in [2.05, 4.69) is 5.32 Å². The normalized spacial score (nSPS) is 20.2. The molecule has 1 amide bonds. The smallest absolute Gasteiger partial charge is 0.404 e. The number of nitrogens with one attached hydrogen (secondary N) is 1. The summed E-state index contributed by atoms with van der Waals surface area (Å²) in [4.78, 5) is 14.5. The van der Waals surface area contributed by atoms with Crippen LogP contribution in [0.25, 0.3) is 0 Å². The molecule has 0 spiro atoms. The molecule has 28 heavy (non-hydrogen) atoms. The zero-order valence-corrected chi connectivity index (χ0v) is 15.8. The fourth-order valence-electron chi connectivity index (χ4n) is 3.57. The van der Waals surface area contributed by atoms with Crippen molar-refractivity contribution in [1.82, 2.24) is 4.90 Å². The molecule has 150 valence electrons. The number of anilines is 1. The van der Waals surface area contributed by atoms with Crippen molar-refractivity contribution in [3.63, 3.8) is 0 Å². The van der Waals surface area contributed by atoms with Gasteiger partial charge in [-0.2, -0.15) is 13.2 Å². The van der Waals surface area contributed by atoms with Crippen LogP contribution < -0.4 is 10.1 Å². The molecule has 1 heterocycles. The molecule has 1 aliphatic rings. The standard InChI is InChI=1S/C21H23F3N2O2/c1-15-8-9-18(28-2)17(12-15)25-19(27)20(21(22,23)24)10-11-26(14-20)13-16-6-4-3-5-7-16/h3-9,12H,10-11,13-14H2,1-2H3,(H,25,27). The number of ether oxygens (including phenoxy) is 1. The van der Waals surface area contributed by atoms with E-state index in [1.165, 1.54) is 7.11 Å². The predicted octanol–water partition coefficient (Wildman–Crippen LogP) is 4.40. The van der Waals surface area contributed by atoms with Crippen molar-refractivity contribution in [2.75, 3.05) is 25.5 Å². The first-order chi connectivity index (χ1) is 13.2. The van der Waals surface area contributed by atoms with Crippen LogP contribution >= 0.6 is 0 Å². The number of carbonyl (C=O) groups excluding carboxylic acids is 1. The number of carbonyl (C=O) groups is 1. The van der Waals surface area contributed by atoms with E-state index in [-0.39, 0.29) is 25.2 Å². The van der Waals surface area contributed by atoms with Gasteiger partial charge in [0.05, 0.1) is 12.8 Å². The highest BCUT2D eigenvalue weighted by atomic mass is 19.4. The minimum Gasteiger partial charge on any atom is -0.495 e. The van der Waals surface area contributed by atoms with Crippen molar-refractivity contribution in [3.8, 4) is 5.75 Å². The Morgan fingerprint density at radius 1 is 1.21 bits per heavy atom. The van der Waals surface area contributed by atoms with E-state index < -0.39 is 17.5 Å². The third-order valence-corrected chi connectivity index (χ3v) is 5.18. The first kappa shape index (κ1) is 20.2. The molecule has 0 aliphatic carbocycles. The molecule has 1 aliphatic heterocycles. The van der Waals surface area contributed by atoms with Crippen molar-refractivity contribution in [2.24, 2.45) is 5.41 Å². The van der Waals surface area contributed by atoms with Crippen LogP contribution in [0.4, 0.5) is 18.9 Å². The number of halogens is 3. The van der Waals surface area contributed by atoms with Crippen molar-refractivity contribution < 1.29 is 22.7 Å². The Bertz CT molecular complexity index is 839. The summed E-state index contributed by atoms with van der Waals surface area (Å²) in [6, 6.07) is 14.3. The first-order valence-electron chi connectivity index (χ1n) is 9.04. The van der Waals surface area contributed by atoms with E-state index in [1.807, 2.05) is 30.3 Å². The van der Waals surface area contributed by atoms with E-state index in [4.69, 9.17) is 4.74 Å². The van der Waals surface area contributed by atoms with Crippen LogP contribution in [0.15, 0.2) is 48.5 Å². The van der Waals surface area contributed by atoms with Crippen LogP contribution in [-0.4, -0.2) is 37.2 Å². The Morgan fingerprint density at radius 3 is 2.57 bits per heavy atom. The Kier molecular flexibility index (Phi) is 5.65. The summed E-state index contributed by atoms with van der Waals surface area (Å²) in [7, 11) is 1.41. The van der Waals surface area contributed by atoms with Gasteiger partial charge in [-0.05, 0) is 43.1 Å². The highest BCUT2D eigenvalue weighted by molar-refractivity contribution is 5.97. The van der Waals surface area contributed by atoms with Crippen molar-refractivity contribution in [1.29, 1.82) is 0 Å². The minimum absolute atomic E-state index is 0.201. The van der Waals surface area contributed by atoms with Gasteiger partial charge in [-0.3, -0.25) is 9.69 Å². The van der Waals surface area contributed by atoms with Gasteiger partial charge < -0.3 is 10.1 Å². The van der Waals surface area contributed by atoms with Crippen LogP contribution in [0.5, 0.6) is 5.75 Å². The Balaban J connectivity index is 1.83. The number of likely N-dealkylation sites (tertiary alicyclic amines) is 1. The fourth-order valence-corrected chi connectivity index (χ4v) is 3.57. The maximum absolute atomic E-state index is 14.0. The highest BCUT2D eigenvalue weighted by Crippen LogP contribution is 2.47. The van der Waals surface area contributed by atoms with Crippen molar-refractivity contribution in [2.45, 2.75) is 26.1 Å². The second-order valence-corrected chi connectivity index (χ2v) is 7.18. The van der Waals surface area contributed by atoms with Gasteiger partial charge in [0.1, 0.15) is 5.75 Å². The Morgan fingerprint density at radius 2 is 1.93 bits per heavy atom. The third-order valence-electron chi connectivity index (χ3n) is 5.18. The van der Waals surface area contributed by atoms with Crippen molar-refractivity contribution in [3.05, 3.63) is 59.7 Å². The number of alkyl halides is 3. The quantitative estimate of drug-likeness (QED) is 0.820. The average Bonchev–Trinajstić information content (AvgIpc) is 3.08. The maximum Gasteiger partial charge on any atom is 0.404 e. The highest BCUT2D eigenvalue weighted by Gasteiger charge is 2.63. The summed E-state index contributed by atoms with van der Waals surface area (Å²) in [6.07, 6.45) is -4.93. The number of benzene rings is 2. The first-order valence-corrected chi connectivity index (χ1v) is 9.04. The summed E-state index contributed by atoms with van der Waals surface area (Å²) >= 11 is 0. The third kappa shape index (κ3) is 3.99.